The van der Waals surface area contributed by atoms with Gasteiger partial charge in [0.2, 0.25) is 10.0 Å². The number of fused-ring (bicyclic) bond motifs is 1. The zero-order valence-electron chi connectivity index (χ0n) is 15.9. The maximum atomic E-state index is 13.1. The van der Waals surface area contributed by atoms with E-state index in [2.05, 4.69) is 10.8 Å². The Labute approximate surface area is 164 Å². The summed E-state index contributed by atoms with van der Waals surface area (Å²) in [6.07, 6.45) is 0.819. The Balaban J connectivity index is 1.96. The molecule has 0 aliphatic carbocycles. The molecule has 2 heterocycles. The highest BCUT2D eigenvalue weighted by Gasteiger charge is 2.30. The second kappa shape index (κ2) is 7.61. The number of hydrogen-bond donors (Lipinski definition) is 1. The van der Waals surface area contributed by atoms with Crippen molar-refractivity contribution >= 4 is 27.3 Å². The smallest absolute Gasteiger partial charge is 0.254 e. The molecule has 27 heavy (non-hydrogen) atoms. The predicted octanol–water partition coefficient (Wildman–Crippen LogP) is 3.20. The minimum atomic E-state index is -3.79. The normalized spacial score (nSPS) is 17.1. The van der Waals surface area contributed by atoms with Gasteiger partial charge in [0, 0.05) is 23.0 Å². The summed E-state index contributed by atoms with van der Waals surface area (Å²) in [6, 6.07) is 6.31. The van der Waals surface area contributed by atoms with Gasteiger partial charge in [0.05, 0.1) is 13.2 Å². The SMILES string of the molecule is COc1ccc(C(=O)N2CCc3sccc3[C@@H]2C)cc1S(=O)(=O)NC(C)C. The lowest BCUT2D eigenvalue weighted by atomic mass is 10.0. The molecule has 0 unspecified atom stereocenters. The third-order valence-corrected chi connectivity index (χ3v) is 7.31. The minimum Gasteiger partial charge on any atom is -0.495 e. The van der Waals surface area contributed by atoms with Crippen molar-refractivity contribution in [1.29, 1.82) is 0 Å². The maximum absolute atomic E-state index is 13.1. The van der Waals surface area contributed by atoms with Crippen LogP contribution in [0.2, 0.25) is 0 Å². The minimum absolute atomic E-state index is 0.0227. The summed E-state index contributed by atoms with van der Waals surface area (Å²) < 4.78 is 33.1. The molecule has 1 aromatic carbocycles. The van der Waals surface area contributed by atoms with E-state index in [1.165, 1.54) is 29.7 Å². The largest absolute Gasteiger partial charge is 0.495 e. The van der Waals surface area contributed by atoms with Gasteiger partial charge in [-0.1, -0.05) is 0 Å². The van der Waals surface area contributed by atoms with Crippen LogP contribution in [0.3, 0.4) is 0 Å². The first kappa shape index (κ1) is 19.9. The van der Waals surface area contributed by atoms with Crippen LogP contribution in [-0.4, -0.2) is 38.9 Å². The van der Waals surface area contributed by atoms with E-state index in [0.29, 0.717) is 12.1 Å². The van der Waals surface area contributed by atoms with Gasteiger partial charge in [0.15, 0.2) is 0 Å². The van der Waals surface area contributed by atoms with Crippen LogP contribution >= 0.6 is 11.3 Å². The molecule has 1 aliphatic heterocycles. The van der Waals surface area contributed by atoms with Crippen molar-refractivity contribution in [2.45, 2.75) is 44.2 Å². The summed E-state index contributed by atoms with van der Waals surface area (Å²) in [6.45, 7) is 6.11. The number of rotatable bonds is 5. The molecule has 1 aromatic heterocycles. The zero-order valence-corrected chi connectivity index (χ0v) is 17.5. The van der Waals surface area contributed by atoms with Crippen LogP contribution in [0, 0.1) is 0 Å². The van der Waals surface area contributed by atoms with Crippen molar-refractivity contribution < 1.29 is 17.9 Å². The highest BCUT2D eigenvalue weighted by atomic mass is 32.2. The average molecular weight is 409 g/mol. The lowest BCUT2D eigenvalue weighted by Gasteiger charge is -2.33. The van der Waals surface area contributed by atoms with Crippen molar-refractivity contribution in [2.24, 2.45) is 0 Å². The Morgan fingerprint density at radius 2 is 2.07 bits per heavy atom. The number of amides is 1. The van der Waals surface area contributed by atoms with E-state index in [1.807, 2.05) is 12.3 Å². The molecule has 1 atom stereocenters. The van der Waals surface area contributed by atoms with Crippen molar-refractivity contribution in [1.82, 2.24) is 9.62 Å². The number of hydrogen-bond acceptors (Lipinski definition) is 5. The second-order valence-corrected chi connectivity index (χ2v) is 9.55. The quantitative estimate of drug-likeness (QED) is 0.824. The fourth-order valence-electron chi connectivity index (χ4n) is 3.35. The number of benzene rings is 1. The molecule has 0 saturated carbocycles. The first-order chi connectivity index (χ1) is 12.7. The van der Waals surface area contributed by atoms with E-state index >= 15 is 0 Å². The molecule has 0 spiro atoms. The topological polar surface area (TPSA) is 75.7 Å². The summed E-state index contributed by atoms with van der Waals surface area (Å²) >= 11 is 1.71. The van der Waals surface area contributed by atoms with Crippen molar-refractivity contribution in [2.75, 3.05) is 13.7 Å². The number of carbonyl (C=O) groups excluding carboxylic acids is 1. The van der Waals surface area contributed by atoms with Gasteiger partial charge in [-0.3, -0.25) is 4.79 Å². The van der Waals surface area contributed by atoms with Crippen LogP contribution in [0.25, 0.3) is 0 Å². The summed E-state index contributed by atoms with van der Waals surface area (Å²) in [5.41, 5.74) is 1.51. The lowest BCUT2D eigenvalue weighted by molar-refractivity contribution is 0.0679. The average Bonchev–Trinajstić information content (AvgIpc) is 3.09. The zero-order chi connectivity index (χ0) is 19.8. The van der Waals surface area contributed by atoms with Crippen molar-refractivity contribution in [3.05, 3.63) is 45.6 Å². The van der Waals surface area contributed by atoms with Gasteiger partial charge in [0.1, 0.15) is 10.6 Å². The van der Waals surface area contributed by atoms with Crippen LogP contribution in [0.4, 0.5) is 0 Å². The molecule has 1 amide bonds. The molecule has 2 aromatic rings. The fourth-order valence-corrected chi connectivity index (χ4v) is 5.75. The van der Waals surface area contributed by atoms with E-state index in [9.17, 15) is 13.2 Å². The molecule has 146 valence electrons. The first-order valence-corrected chi connectivity index (χ1v) is 11.2. The number of nitrogens with one attached hydrogen (secondary N) is 1. The van der Waals surface area contributed by atoms with Crippen LogP contribution < -0.4 is 9.46 Å². The van der Waals surface area contributed by atoms with Gasteiger partial charge in [-0.25, -0.2) is 13.1 Å². The van der Waals surface area contributed by atoms with Gasteiger partial charge in [0.25, 0.3) is 5.91 Å². The lowest BCUT2D eigenvalue weighted by Crippen LogP contribution is -2.38. The molecule has 6 nitrogen and oxygen atoms in total. The van der Waals surface area contributed by atoms with E-state index < -0.39 is 10.0 Å². The molecule has 1 aliphatic rings. The summed E-state index contributed by atoms with van der Waals surface area (Å²) in [5.74, 6) is 0.0366. The number of sulfonamides is 1. The van der Waals surface area contributed by atoms with E-state index in [4.69, 9.17) is 4.74 Å². The number of methoxy groups -OCH3 is 1. The fraction of sp³-hybridized carbons (Fsp3) is 0.421. The van der Waals surface area contributed by atoms with Crippen molar-refractivity contribution in [3.8, 4) is 5.75 Å². The number of thiophene rings is 1. The molecule has 8 heteroatoms. The van der Waals surface area contributed by atoms with Crippen LogP contribution in [0.15, 0.2) is 34.5 Å². The summed E-state index contributed by atoms with van der Waals surface area (Å²) in [4.78, 5) is 16.2. The van der Waals surface area contributed by atoms with E-state index in [1.54, 1.807) is 36.2 Å². The molecule has 0 bridgehead atoms. The van der Waals surface area contributed by atoms with Gasteiger partial charge in [-0.05, 0) is 62.4 Å². The Bertz CT molecular complexity index is 950. The summed E-state index contributed by atoms with van der Waals surface area (Å²) in [7, 11) is -2.37. The number of ether oxygens (including phenoxy) is 1. The molecule has 0 fully saturated rings. The standard InChI is InChI=1S/C19H24N2O4S2/c1-12(2)20-27(23,24)18-11-14(5-6-16(18)25-4)19(22)21-9-7-17-15(13(21)3)8-10-26-17/h5-6,8,10-13,20H,7,9H2,1-4H3/t13-/m0/s1. The van der Waals surface area contributed by atoms with E-state index in [-0.39, 0.29) is 28.6 Å². The molecule has 1 N–H and O–H groups in total. The first-order valence-electron chi connectivity index (χ1n) is 8.82. The predicted molar refractivity (Wildman–Crippen MR) is 106 cm³/mol. The highest BCUT2D eigenvalue weighted by molar-refractivity contribution is 7.89. The second-order valence-electron chi connectivity index (χ2n) is 6.87. The molecule has 0 saturated heterocycles. The number of carbonyl (C=O) groups is 1. The number of nitrogens with zero attached hydrogens (tertiary/aromatic N) is 1. The van der Waals surface area contributed by atoms with Gasteiger partial charge in [-0.2, -0.15) is 0 Å². The maximum Gasteiger partial charge on any atom is 0.254 e. The Kier molecular flexibility index (Phi) is 5.60. The third-order valence-electron chi connectivity index (χ3n) is 4.63. The van der Waals surface area contributed by atoms with Gasteiger partial charge >= 0.3 is 0 Å². The third kappa shape index (κ3) is 3.88. The summed E-state index contributed by atoms with van der Waals surface area (Å²) in [5, 5.41) is 2.05. The highest BCUT2D eigenvalue weighted by Crippen LogP contribution is 2.34. The van der Waals surface area contributed by atoms with Crippen LogP contribution in [-0.2, 0) is 16.4 Å². The molecular weight excluding hydrogens is 384 g/mol. The van der Waals surface area contributed by atoms with Crippen LogP contribution in [0.5, 0.6) is 5.75 Å². The molecule has 0 radical (unpaired) electrons. The Morgan fingerprint density at radius 1 is 1.33 bits per heavy atom. The van der Waals surface area contributed by atoms with Crippen molar-refractivity contribution in [3.63, 3.8) is 0 Å². The monoisotopic (exact) mass is 408 g/mol. The van der Waals surface area contributed by atoms with E-state index in [0.717, 1.165) is 6.42 Å². The van der Waals surface area contributed by atoms with Gasteiger partial charge in [-0.15, -0.1) is 11.3 Å². The van der Waals surface area contributed by atoms with Crippen LogP contribution in [0.1, 0.15) is 47.6 Å². The molecular formula is C19H24N2O4S2. The molecule has 3 rings (SSSR count). The van der Waals surface area contributed by atoms with Gasteiger partial charge < -0.3 is 9.64 Å². The Morgan fingerprint density at radius 3 is 2.74 bits per heavy atom. The Hall–Kier alpha value is -1.90.